The van der Waals surface area contributed by atoms with Crippen LogP contribution in [0, 0.1) is 11.3 Å². The number of carbonyl (C=O) groups is 2. The molecule has 1 amide bonds. The molecule has 1 aromatic heterocycles. The Morgan fingerprint density at radius 2 is 1.90 bits per heavy atom. The molecule has 1 aliphatic heterocycles. The highest BCUT2D eigenvalue weighted by Crippen LogP contribution is 2.39. The number of anilines is 1. The van der Waals surface area contributed by atoms with Crippen molar-refractivity contribution in [2.75, 3.05) is 37.8 Å². The fraction of sp³-hybridized carbons (Fsp3) is 0.435. The molecule has 4 rings (SSSR count). The Bertz CT molecular complexity index is 970. The van der Waals surface area contributed by atoms with Crippen molar-refractivity contribution < 1.29 is 19.1 Å². The molecule has 0 bridgehead atoms. The Morgan fingerprint density at radius 1 is 1.19 bits per heavy atom. The Morgan fingerprint density at radius 3 is 2.58 bits per heavy atom. The second-order valence-corrected chi connectivity index (χ2v) is 8.85. The molecule has 1 N–H and O–H groups in total. The molecule has 2 heterocycles. The Kier molecular flexibility index (Phi) is 6.54. The van der Waals surface area contributed by atoms with E-state index >= 15 is 0 Å². The maximum atomic E-state index is 12.7. The molecule has 7 nitrogen and oxygen atoms in total. The van der Waals surface area contributed by atoms with E-state index in [1.54, 1.807) is 0 Å². The van der Waals surface area contributed by atoms with Crippen LogP contribution in [-0.2, 0) is 14.3 Å². The largest absolute Gasteiger partial charge is 0.451 e. The number of rotatable bonds is 6. The summed E-state index contributed by atoms with van der Waals surface area (Å²) in [5.41, 5.74) is 1.17. The predicted octanol–water partition coefficient (Wildman–Crippen LogP) is 3.36. The van der Waals surface area contributed by atoms with Crippen molar-refractivity contribution in [2.45, 2.75) is 31.2 Å². The summed E-state index contributed by atoms with van der Waals surface area (Å²) in [6.45, 7) is 2.41. The van der Waals surface area contributed by atoms with E-state index < -0.39 is 24.0 Å². The monoisotopic (exact) mass is 439 g/mol. The number of amides is 1. The molecule has 1 saturated carbocycles. The first-order chi connectivity index (χ1) is 15.1. The number of carbonyl (C=O) groups excluding carboxylic acids is 2. The van der Waals surface area contributed by atoms with E-state index in [0.717, 1.165) is 42.1 Å². The zero-order valence-electron chi connectivity index (χ0n) is 17.3. The highest BCUT2D eigenvalue weighted by atomic mass is 32.1. The third-order valence-corrected chi connectivity index (χ3v) is 6.86. The average Bonchev–Trinajstić information content (AvgIpc) is 3.47. The van der Waals surface area contributed by atoms with Crippen molar-refractivity contribution >= 4 is 28.2 Å². The highest BCUT2D eigenvalue weighted by molar-refractivity contribution is 7.18. The van der Waals surface area contributed by atoms with E-state index in [1.807, 2.05) is 36.4 Å². The van der Waals surface area contributed by atoms with Crippen LogP contribution in [0.1, 0.15) is 35.4 Å². The van der Waals surface area contributed by atoms with Gasteiger partial charge in [-0.2, -0.15) is 5.26 Å². The summed E-state index contributed by atoms with van der Waals surface area (Å²) in [6, 6.07) is 13.9. The van der Waals surface area contributed by atoms with Crippen LogP contribution in [0.5, 0.6) is 0 Å². The minimum Gasteiger partial charge on any atom is -0.451 e. The number of ether oxygens (including phenoxy) is 2. The highest BCUT2D eigenvalue weighted by Gasteiger charge is 2.35. The topological polar surface area (TPSA) is 91.7 Å². The van der Waals surface area contributed by atoms with Crippen molar-refractivity contribution in [1.82, 2.24) is 5.32 Å². The van der Waals surface area contributed by atoms with Gasteiger partial charge in [0, 0.05) is 18.7 Å². The molecule has 0 radical (unpaired) electrons. The van der Waals surface area contributed by atoms with Crippen LogP contribution in [0.4, 0.5) is 5.00 Å². The summed E-state index contributed by atoms with van der Waals surface area (Å²) in [7, 11) is 0. The lowest BCUT2D eigenvalue weighted by atomic mass is 10.00. The van der Waals surface area contributed by atoms with E-state index in [1.165, 1.54) is 11.3 Å². The number of nitriles is 1. The molecule has 1 saturated heterocycles. The van der Waals surface area contributed by atoms with Crippen LogP contribution in [-0.4, -0.2) is 50.3 Å². The van der Waals surface area contributed by atoms with Crippen molar-refractivity contribution in [3.63, 3.8) is 0 Å². The molecule has 2 fully saturated rings. The molecule has 1 aromatic carbocycles. The summed E-state index contributed by atoms with van der Waals surface area (Å²) >= 11 is 1.37. The molecule has 0 atom stereocenters. The van der Waals surface area contributed by atoms with Gasteiger partial charge < -0.3 is 19.7 Å². The van der Waals surface area contributed by atoms with Gasteiger partial charge in [-0.3, -0.25) is 4.79 Å². The van der Waals surface area contributed by atoms with Gasteiger partial charge >= 0.3 is 5.97 Å². The van der Waals surface area contributed by atoms with Crippen molar-refractivity contribution in [3.05, 3.63) is 41.3 Å². The average molecular weight is 440 g/mol. The first-order valence-electron chi connectivity index (χ1n) is 10.5. The van der Waals surface area contributed by atoms with Gasteiger partial charge in [-0.1, -0.05) is 30.3 Å². The van der Waals surface area contributed by atoms with Crippen molar-refractivity contribution in [3.8, 4) is 17.2 Å². The first kappa shape index (κ1) is 21.3. The van der Waals surface area contributed by atoms with Crippen LogP contribution in [0.3, 0.4) is 0 Å². The second-order valence-electron chi connectivity index (χ2n) is 7.82. The SMILES string of the molecule is N#CC1(NC(=O)COC(=O)c2cc(-c3ccccc3)c(N3CCOCC3)s2)CCCC1. The minimum absolute atomic E-state index is 0.395. The Hall–Kier alpha value is -2.89. The van der Waals surface area contributed by atoms with Crippen molar-refractivity contribution in [2.24, 2.45) is 0 Å². The maximum Gasteiger partial charge on any atom is 0.348 e. The molecule has 1 aliphatic carbocycles. The third-order valence-electron chi connectivity index (χ3n) is 5.68. The molecule has 31 heavy (non-hydrogen) atoms. The van der Waals surface area contributed by atoms with Gasteiger partial charge in [0.2, 0.25) is 0 Å². The number of nitrogens with one attached hydrogen (secondary N) is 1. The summed E-state index contributed by atoms with van der Waals surface area (Å²) in [6.07, 6.45) is 3.10. The quantitative estimate of drug-likeness (QED) is 0.694. The van der Waals surface area contributed by atoms with Gasteiger partial charge in [0.25, 0.3) is 5.91 Å². The van der Waals surface area contributed by atoms with Gasteiger partial charge in [-0.25, -0.2) is 4.79 Å². The first-order valence-corrected chi connectivity index (χ1v) is 11.3. The van der Waals surface area contributed by atoms with Gasteiger partial charge in [-0.15, -0.1) is 11.3 Å². The van der Waals surface area contributed by atoms with E-state index in [-0.39, 0.29) is 0 Å². The number of morpholine rings is 1. The smallest absolute Gasteiger partial charge is 0.348 e. The minimum atomic E-state index is -0.823. The zero-order valence-corrected chi connectivity index (χ0v) is 18.1. The fourth-order valence-electron chi connectivity index (χ4n) is 4.06. The summed E-state index contributed by atoms with van der Waals surface area (Å²) in [4.78, 5) is 27.7. The summed E-state index contributed by atoms with van der Waals surface area (Å²) in [5.74, 6) is -0.973. The lowest BCUT2D eigenvalue weighted by Gasteiger charge is -2.28. The number of hydrogen-bond acceptors (Lipinski definition) is 7. The number of hydrogen-bond donors (Lipinski definition) is 1. The number of thiophene rings is 1. The second kappa shape index (κ2) is 9.50. The molecule has 2 aliphatic rings. The van der Waals surface area contributed by atoms with Gasteiger partial charge in [0.15, 0.2) is 6.61 Å². The van der Waals surface area contributed by atoms with Crippen LogP contribution in [0.2, 0.25) is 0 Å². The van der Waals surface area contributed by atoms with Gasteiger partial charge in [0.05, 0.1) is 24.3 Å². The van der Waals surface area contributed by atoms with Gasteiger partial charge in [0.1, 0.15) is 10.4 Å². The molecule has 0 unspecified atom stereocenters. The lowest BCUT2D eigenvalue weighted by Crippen LogP contribution is -2.46. The van der Waals surface area contributed by atoms with Crippen LogP contribution in [0.25, 0.3) is 11.1 Å². The molecular weight excluding hydrogens is 414 g/mol. The molecular formula is C23H25N3O4S. The van der Waals surface area contributed by atoms with Crippen LogP contribution < -0.4 is 10.2 Å². The Labute approximate surface area is 185 Å². The fourth-order valence-corrected chi connectivity index (χ4v) is 5.18. The normalized spacial score (nSPS) is 17.7. The molecule has 162 valence electrons. The summed E-state index contributed by atoms with van der Waals surface area (Å²) in [5, 5.41) is 13.1. The van der Waals surface area contributed by atoms with Crippen LogP contribution >= 0.6 is 11.3 Å². The number of esters is 1. The van der Waals surface area contributed by atoms with E-state index in [2.05, 4.69) is 16.3 Å². The van der Waals surface area contributed by atoms with E-state index in [9.17, 15) is 14.9 Å². The number of nitrogens with zero attached hydrogens (tertiary/aromatic N) is 2. The molecule has 2 aromatic rings. The zero-order chi connectivity index (χ0) is 21.7. The molecule has 8 heteroatoms. The summed E-state index contributed by atoms with van der Waals surface area (Å²) < 4.78 is 10.7. The standard InChI is InChI=1S/C23H25N3O4S/c24-16-23(8-4-5-9-23)25-20(27)15-30-22(28)19-14-18(17-6-2-1-3-7-17)21(31-19)26-10-12-29-13-11-26/h1-3,6-7,14H,4-5,8-13,15H2,(H,25,27). The third kappa shape index (κ3) is 4.89. The lowest BCUT2D eigenvalue weighted by molar-refractivity contribution is -0.125. The Balaban J connectivity index is 1.47. The predicted molar refractivity (Wildman–Crippen MR) is 118 cm³/mol. The molecule has 0 spiro atoms. The van der Waals surface area contributed by atoms with E-state index in [4.69, 9.17) is 9.47 Å². The van der Waals surface area contributed by atoms with Crippen molar-refractivity contribution in [1.29, 1.82) is 5.26 Å². The maximum absolute atomic E-state index is 12.7. The van der Waals surface area contributed by atoms with E-state index in [0.29, 0.717) is 30.9 Å². The van der Waals surface area contributed by atoms with Crippen LogP contribution in [0.15, 0.2) is 36.4 Å². The van der Waals surface area contributed by atoms with Gasteiger partial charge in [-0.05, 0) is 37.3 Å². The number of benzene rings is 1.